The van der Waals surface area contributed by atoms with Crippen LogP contribution in [0, 0.1) is 0 Å². The fourth-order valence-corrected chi connectivity index (χ4v) is 3.25. The van der Waals surface area contributed by atoms with Crippen molar-refractivity contribution in [3.63, 3.8) is 0 Å². The van der Waals surface area contributed by atoms with Crippen LogP contribution >= 0.6 is 0 Å². The first kappa shape index (κ1) is 21.7. The minimum atomic E-state index is -4.49. The molecule has 1 aromatic carbocycles. The molecule has 9 heteroatoms. The quantitative estimate of drug-likeness (QED) is 0.772. The Hall–Kier alpha value is -2.58. The van der Waals surface area contributed by atoms with Gasteiger partial charge in [-0.15, -0.1) is 0 Å². The number of carbonyl (C=O) groups is 3. The number of amides is 2. The van der Waals surface area contributed by atoms with Gasteiger partial charge < -0.3 is 15.0 Å². The van der Waals surface area contributed by atoms with E-state index in [0.29, 0.717) is 0 Å². The molecule has 1 heterocycles. The van der Waals surface area contributed by atoms with E-state index in [2.05, 4.69) is 5.32 Å². The molecule has 0 unspecified atom stereocenters. The van der Waals surface area contributed by atoms with Crippen LogP contribution in [0.3, 0.4) is 0 Å². The van der Waals surface area contributed by atoms with Crippen LogP contribution in [-0.2, 0) is 20.5 Å². The maximum Gasteiger partial charge on any atom is 0.416 e. The number of esters is 1. The number of rotatable bonds is 5. The van der Waals surface area contributed by atoms with Gasteiger partial charge in [0.2, 0.25) is 0 Å². The first-order valence-corrected chi connectivity index (χ1v) is 9.02. The van der Waals surface area contributed by atoms with Crippen molar-refractivity contribution in [1.82, 2.24) is 10.2 Å². The summed E-state index contributed by atoms with van der Waals surface area (Å²) < 4.78 is 42.5. The predicted octanol–water partition coefficient (Wildman–Crippen LogP) is 2.77. The molecule has 0 radical (unpaired) electrons. The van der Waals surface area contributed by atoms with Crippen molar-refractivity contribution in [2.24, 2.45) is 0 Å². The molecule has 0 spiro atoms. The Bertz CT molecular complexity index is 709. The topological polar surface area (TPSA) is 75.7 Å². The number of halogens is 3. The predicted molar refractivity (Wildman–Crippen MR) is 94.4 cm³/mol. The lowest BCUT2D eigenvalue weighted by Gasteiger charge is -2.38. The van der Waals surface area contributed by atoms with Crippen molar-refractivity contribution in [2.45, 2.75) is 51.4 Å². The number of benzene rings is 1. The van der Waals surface area contributed by atoms with E-state index in [1.807, 2.05) is 13.8 Å². The number of hydrogen-bond donors (Lipinski definition) is 1. The Morgan fingerprint density at radius 1 is 1.11 bits per heavy atom. The summed E-state index contributed by atoms with van der Waals surface area (Å²) in [6.45, 7) is 2.99. The number of nitrogens with zero attached hydrogens (tertiary/aromatic N) is 1. The Kier molecular flexibility index (Phi) is 7.04. The summed E-state index contributed by atoms with van der Waals surface area (Å²) in [6, 6.07) is 3.77. The Balaban J connectivity index is 1.79. The van der Waals surface area contributed by atoms with Crippen molar-refractivity contribution in [1.29, 1.82) is 0 Å². The van der Waals surface area contributed by atoms with Crippen LogP contribution < -0.4 is 5.32 Å². The Morgan fingerprint density at radius 3 is 2.21 bits per heavy atom. The minimum absolute atomic E-state index is 0.0205. The molecule has 0 aliphatic carbocycles. The molecule has 6 nitrogen and oxygen atoms in total. The zero-order chi connectivity index (χ0) is 20.9. The van der Waals surface area contributed by atoms with Gasteiger partial charge >= 0.3 is 12.1 Å². The molecule has 1 aliphatic heterocycles. The van der Waals surface area contributed by atoms with E-state index in [1.165, 1.54) is 0 Å². The molecule has 1 saturated heterocycles. The van der Waals surface area contributed by atoms with Crippen molar-refractivity contribution in [3.8, 4) is 0 Å². The van der Waals surface area contributed by atoms with Gasteiger partial charge in [0, 0.05) is 17.6 Å². The molecule has 1 N–H and O–H groups in total. The summed E-state index contributed by atoms with van der Waals surface area (Å²) in [5, 5.41) is 2.26. The average molecular weight is 400 g/mol. The molecule has 0 aromatic heterocycles. The summed E-state index contributed by atoms with van der Waals surface area (Å²) in [5.74, 6) is -1.80. The lowest BCUT2D eigenvalue weighted by Crippen LogP contribution is -2.49. The maximum absolute atomic E-state index is 12.5. The van der Waals surface area contributed by atoms with E-state index >= 15 is 0 Å². The zero-order valence-electron chi connectivity index (χ0n) is 15.7. The fraction of sp³-hybridized carbons (Fsp3) is 0.526. The lowest BCUT2D eigenvalue weighted by atomic mass is 9.97. The normalized spacial score (nSPS) is 19.8. The highest BCUT2D eigenvalue weighted by Crippen LogP contribution is 2.29. The summed E-state index contributed by atoms with van der Waals surface area (Å²) in [7, 11) is 0. The van der Waals surface area contributed by atoms with Gasteiger partial charge in [0.15, 0.2) is 6.61 Å². The van der Waals surface area contributed by atoms with Crippen molar-refractivity contribution in [2.75, 3.05) is 13.2 Å². The molecule has 28 heavy (non-hydrogen) atoms. The number of alkyl halides is 3. The molecule has 0 bridgehead atoms. The first-order chi connectivity index (χ1) is 13.1. The molecular formula is C19H23F3N2O4. The highest BCUT2D eigenvalue weighted by atomic mass is 19.4. The summed E-state index contributed by atoms with van der Waals surface area (Å²) in [6.07, 6.45) is -1.66. The van der Waals surface area contributed by atoms with Crippen LogP contribution in [0.2, 0.25) is 0 Å². The van der Waals surface area contributed by atoms with Crippen LogP contribution in [-0.4, -0.2) is 47.9 Å². The van der Waals surface area contributed by atoms with E-state index in [1.54, 1.807) is 4.90 Å². The maximum atomic E-state index is 12.5. The van der Waals surface area contributed by atoms with E-state index < -0.39 is 36.8 Å². The number of ether oxygens (including phenoxy) is 1. The number of hydrogen-bond acceptors (Lipinski definition) is 4. The fourth-order valence-electron chi connectivity index (χ4n) is 3.25. The highest BCUT2D eigenvalue weighted by molar-refractivity contribution is 5.96. The van der Waals surface area contributed by atoms with Crippen molar-refractivity contribution in [3.05, 3.63) is 35.4 Å². The van der Waals surface area contributed by atoms with Gasteiger partial charge in [0.25, 0.3) is 11.8 Å². The smallest absolute Gasteiger partial charge is 0.416 e. The standard InChI is InChI=1S/C19H23F3N2O4/c1-12-4-3-5-13(2)24(12)16(25)11-28-17(26)10-23-18(27)14-6-8-15(9-7-14)19(20,21)22/h6-9,12-13H,3-5,10-11H2,1-2H3,(H,23,27)/t12-,13-/m0/s1. The zero-order valence-corrected chi connectivity index (χ0v) is 15.7. The number of piperidine rings is 1. The monoisotopic (exact) mass is 400 g/mol. The van der Waals surface area contributed by atoms with Crippen LogP contribution in [0.5, 0.6) is 0 Å². The van der Waals surface area contributed by atoms with Gasteiger partial charge in [-0.1, -0.05) is 0 Å². The first-order valence-electron chi connectivity index (χ1n) is 9.02. The van der Waals surface area contributed by atoms with Gasteiger partial charge in [-0.2, -0.15) is 13.2 Å². The number of carbonyl (C=O) groups excluding carboxylic acids is 3. The highest BCUT2D eigenvalue weighted by Gasteiger charge is 2.31. The third-order valence-corrected chi connectivity index (χ3v) is 4.71. The van der Waals surface area contributed by atoms with Gasteiger partial charge in [-0.3, -0.25) is 14.4 Å². The van der Waals surface area contributed by atoms with Gasteiger partial charge in [-0.25, -0.2) is 0 Å². The second-order valence-electron chi connectivity index (χ2n) is 6.85. The third kappa shape index (κ3) is 5.71. The van der Waals surface area contributed by atoms with E-state index in [-0.39, 0.29) is 23.6 Å². The minimum Gasteiger partial charge on any atom is -0.454 e. The molecule has 1 aliphatic rings. The summed E-state index contributed by atoms with van der Waals surface area (Å²) in [5.41, 5.74) is -0.893. The number of likely N-dealkylation sites (tertiary alicyclic amines) is 1. The Morgan fingerprint density at radius 2 is 1.68 bits per heavy atom. The summed E-state index contributed by atoms with van der Waals surface area (Å²) in [4.78, 5) is 37.6. The van der Waals surface area contributed by atoms with Gasteiger partial charge in [0.05, 0.1) is 5.56 Å². The molecule has 0 saturated carbocycles. The number of nitrogens with one attached hydrogen (secondary N) is 1. The largest absolute Gasteiger partial charge is 0.454 e. The van der Waals surface area contributed by atoms with Crippen molar-refractivity contribution >= 4 is 17.8 Å². The van der Waals surface area contributed by atoms with E-state index in [0.717, 1.165) is 43.5 Å². The third-order valence-electron chi connectivity index (χ3n) is 4.71. The summed E-state index contributed by atoms with van der Waals surface area (Å²) >= 11 is 0. The van der Waals surface area contributed by atoms with Crippen LogP contribution in [0.25, 0.3) is 0 Å². The molecule has 1 aromatic rings. The molecule has 2 rings (SSSR count). The molecule has 2 atom stereocenters. The SMILES string of the molecule is C[C@H]1CCC[C@H](C)N1C(=O)COC(=O)CNC(=O)c1ccc(C(F)(F)F)cc1. The molecule has 1 fully saturated rings. The van der Waals surface area contributed by atoms with Crippen LogP contribution in [0.4, 0.5) is 13.2 Å². The van der Waals surface area contributed by atoms with Gasteiger partial charge in [-0.05, 0) is 57.4 Å². The molecular weight excluding hydrogens is 377 g/mol. The van der Waals surface area contributed by atoms with Crippen LogP contribution in [0.1, 0.15) is 49.0 Å². The van der Waals surface area contributed by atoms with Crippen molar-refractivity contribution < 1.29 is 32.3 Å². The second kappa shape index (κ2) is 9.07. The van der Waals surface area contributed by atoms with Crippen LogP contribution in [0.15, 0.2) is 24.3 Å². The van der Waals surface area contributed by atoms with E-state index in [4.69, 9.17) is 4.74 Å². The lowest BCUT2D eigenvalue weighted by molar-refractivity contribution is -0.154. The Labute approximate surface area is 161 Å². The van der Waals surface area contributed by atoms with E-state index in [9.17, 15) is 27.6 Å². The molecule has 2 amide bonds. The van der Waals surface area contributed by atoms with Gasteiger partial charge in [0.1, 0.15) is 6.54 Å². The second-order valence-corrected chi connectivity index (χ2v) is 6.85. The average Bonchev–Trinajstić information content (AvgIpc) is 2.63. The molecule has 154 valence electrons.